The average molecular weight is 401 g/mol. The Hall–Kier alpha value is -2.68. The van der Waals surface area contributed by atoms with Gasteiger partial charge >= 0.3 is 5.97 Å². The van der Waals surface area contributed by atoms with Crippen molar-refractivity contribution < 1.29 is 14.3 Å². The Morgan fingerprint density at radius 1 is 1.25 bits per heavy atom. The number of hydrogen-bond acceptors (Lipinski definition) is 7. The van der Waals surface area contributed by atoms with E-state index in [1.165, 1.54) is 18.9 Å². The predicted molar refractivity (Wildman–Crippen MR) is 108 cm³/mol. The first-order valence-electron chi connectivity index (χ1n) is 9.07. The number of ether oxygens (including phenoxy) is 1. The third kappa shape index (κ3) is 3.94. The topological polar surface area (TPSA) is 99.0 Å². The summed E-state index contributed by atoms with van der Waals surface area (Å²) in [4.78, 5) is 28.6. The second-order valence-electron chi connectivity index (χ2n) is 6.63. The molecule has 1 N–H and O–H groups in total. The first kappa shape index (κ1) is 20.1. The van der Waals surface area contributed by atoms with Gasteiger partial charge in [0.15, 0.2) is 5.65 Å². The largest absolute Gasteiger partial charge is 0.467 e. The standard InChI is InChI=1S/C19H23N5O3S/c1-5-24-13-9-7-6-8-12(13)16-17(24)21-19(23-22-16)28-10-14(25)20-15(11(2)3)18(26)27-4/h6-9,11,15H,5,10H2,1-4H3,(H,20,25)/t15-/m1/s1. The summed E-state index contributed by atoms with van der Waals surface area (Å²) in [6.45, 7) is 6.49. The van der Waals surface area contributed by atoms with E-state index in [0.717, 1.165) is 28.6 Å². The molecule has 0 aliphatic rings. The molecule has 0 saturated heterocycles. The van der Waals surface area contributed by atoms with E-state index in [2.05, 4.69) is 25.1 Å². The number of thioether (sulfide) groups is 1. The molecule has 3 rings (SSSR count). The number of carbonyl (C=O) groups excluding carboxylic acids is 2. The summed E-state index contributed by atoms with van der Waals surface area (Å²) in [6.07, 6.45) is 0. The van der Waals surface area contributed by atoms with Gasteiger partial charge in [-0.15, -0.1) is 10.2 Å². The van der Waals surface area contributed by atoms with E-state index in [4.69, 9.17) is 4.74 Å². The van der Waals surface area contributed by atoms with E-state index >= 15 is 0 Å². The fourth-order valence-electron chi connectivity index (χ4n) is 3.04. The Labute approximate surface area is 167 Å². The molecular weight excluding hydrogens is 378 g/mol. The number of hydrogen-bond donors (Lipinski definition) is 1. The number of aromatic nitrogens is 4. The molecule has 1 amide bonds. The van der Waals surface area contributed by atoms with Crippen molar-refractivity contribution in [3.05, 3.63) is 24.3 Å². The summed E-state index contributed by atoms with van der Waals surface area (Å²) in [7, 11) is 1.31. The number of carbonyl (C=O) groups is 2. The molecular formula is C19H23N5O3S. The molecule has 0 spiro atoms. The number of methoxy groups -OCH3 is 1. The highest BCUT2D eigenvalue weighted by Crippen LogP contribution is 2.26. The van der Waals surface area contributed by atoms with Crippen molar-refractivity contribution in [2.45, 2.75) is 38.5 Å². The monoisotopic (exact) mass is 401 g/mol. The van der Waals surface area contributed by atoms with Crippen LogP contribution >= 0.6 is 11.8 Å². The number of benzene rings is 1. The summed E-state index contributed by atoms with van der Waals surface area (Å²) in [5, 5.41) is 12.6. The van der Waals surface area contributed by atoms with E-state index < -0.39 is 12.0 Å². The summed E-state index contributed by atoms with van der Waals surface area (Å²) in [6, 6.07) is 7.29. The molecule has 28 heavy (non-hydrogen) atoms. The molecule has 3 aromatic rings. The molecule has 2 heterocycles. The maximum absolute atomic E-state index is 12.3. The number of amides is 1. The molecule has 0 radical (unpaired) electrons. The van der Waals surface area contributed by atoms with Gasteiger partial charge in [-0.1, -0.05) is 43.8 Å². The molecule has 0 aliphatic carbocycles. The highest BCUT2D eigenvalue weighted by Gasteiger charge is 2.25. The number of esters is 1. The minimum atomic E-state index is -0.678. The first-order chi connectivity index (χ1) is 13.5. The van der Waals surface area contributed by atoms with Crippen LogP contribution in [0.25, 0.3) is 22.1 Å². The summed E-state index contributed by atoms with van der Waals surface area (Å²) in [5.74, 6) is -0.732. The Morgan fingerprint density at radius 3 is 2.68 bits per heavy atom. The minimum Gasteiger partial charge on any atom is -0.467 e. The Balaban J connectivity index is 1.77. The maximum atomic E-state index is 12.3. The van der Waals surface area contributed by atoms with Gasteiger partial charge in [0.1, 0.15) is 11.6 Å². The number of para-hydroxylation sites is 1. The van der Waals surface area contributed by atoms with Crippen LogP contribution in [0.1, 0.15) is 20.8 Å². The van der Waals surface area contributed by atoms with Crippen molar-refractivity contribution >= 4 is 45.7 Å². The third-order valence-electron chi connectivity index (χ3n) is 4.44. The minimum absolute atomic E-state index is 0.0732. The quantitative estimate of drug-likeness (QED) is 0.479. The van der Waals surface area contributed by atoms with Crippen molar-refractivity contribution in [2.75, 3.05) is 12.9 Å². The zero-order valence-electron chi connectivity index (χ0n) is 16.3. The second-order valence-corrected chi connectivity index (χ2v) is 7.57. The lowest BCUT2D eigenvalue weighted by molar-refractivity contribution is -0.146. The van der Waals surface area contributed by atoms with Gasteiger partial charge in [-0.25, -0.2) is 9.78 Å². The van der Waals surface area contributed by atoms with Crippen LogP contribution in [0.15, 0.2) is 29.4 Å². The zero-order valence-corrected chi connectivity index (χ0v) is 17.1. The van der Waals surface area contributed by atoms with Crippen LogP contribution in [-0.2, 0) is 20.9 Å². The smallest absolute Gasteiger partial charge is 0.328 e. The molecule has 9 heteroatoms. The maximum Gasteiger partial charge on any atom is 0.328 e. The van der Waals surface area contributed by atoms with Crippen molar-refractivity contribution in [3.8, 4) is 0 Å². The van der Waals surface area contributed by atoms with Gasteiger partial charge in [0, 0.05) is 11.9 Å². The van der Waals surface area contributed by atoms with Crippen molar-refractivity contribution in [1.82, 2.24) is 25.1 Å². The van der Waals surface area contributed by atoms with Gasteiger partial charge in [0.2, 0.25) is 11.1 Å². The molecule has 1 atom stereocenters. The summed E-state index contributed by atoms with van der Waals surface area (Å²) >= 11 is 1.18. The van der Waals surface area contributed by atoms with Gasteiger partial charge in [-0.05, 0) is 18.9 Å². The van der Waals surface area contributed by atoms with E-state index in [0.29, 0.717) is 5.16 Å². The fourth-order valence-corrected chi connectivity index (χ4v) is 3.63. The summed E-state index contributed by atoms with van der Waals surface area (Å²) < 4.78 is 6.82. The first-order valence-corrected chi connectivity index (χ1v) is 10.1. The molecule has 0 bridgehead atoms. The number of aryl methyl sites for hydroxylation is 1. The van der Waals surface area contributed by atoms with Crippen molar-refractivity contribution in [3.63, 3.8) is 0 Å². The number of rotatable bonds is 7. The molecule has 1 aromatic carbocycles. The van der Waals surface area contributed by atoms with Crippen molar-refractivity contribution in [2.24, 2.45) is 5.92 Å². The van der Waals surface area contributed by atoms with Crippen molar-refractivity contribution in [1.29, 1.82) is 0 Å². The zero-order chi connectivity index (χ0) is 20.3. The van der Waals surface area contributed by atoms with E-state index in [1.807, 2.05) is 45.0 Å². The normalized spacial score (nSPS) is 12.5. The van der Waals surface area contributed by atoms with Crippen LogP contribution < -0.4 is 5.32 Å². The van der Waals surface area contributed by atoms with E-state index in [9.17, 15) is 9.59 Å². The summed E-state index contributed by atoms with van der Waals surface area (Å²) in [5.41, 5.74) is 2.55. The number of fused-ring (bicyclic) bond motifs is 3. The SMILES string of the molecule is CCn1c2ccccc2c2nnc(SCC(=O)N[C@@H](C(=O)OC)C(C)C)nc21. The molecule has 0 saturated carbocycles. The van der Waals surface area contributed by atoms with Crippen LogP contribution in [0.4, 0.5) is 0 Å². The van der Waals surface area contributed by atoms with Gasteiger partial charge in [0.25, 0.3) is 0 Å². The van der Waals surface area contributed by atoms with Crippen LogP contribution in [-0.4, -0.2) is 50.5 Å². The molecule has 0 unspecified atom stereocenters. The number of nitrogens with zero attached hydrogens (tertiary/aromatic N) is 4. The van der Waals surface area contributed by atoms with Crippen LogP contribution in [0.2, 0.25) is 0 Å². The Kier molecular flexibility index (Phi) is 6.13. The lowest BCUT2D eigenvalue weighted by Crippen LogP contribution is -2.45. The van der Waals surface area contributed by atoms with Gasteiger partial charge < -0.3 is 14.6 Å². The van der Waals surface area contributed by atoms with Crippen LogP contribution in [0.3, 0.4) is 0 Å². The Morgan fingerprint density at radius 2 is 2.00 bits per heavy atom. The molecule has 148 valence electrons. The van der Waals surface area contributed by atoms with E-state index in [-0.39, 0.29) is 17.6 Å². The van der Waals surface area contributed by atoms with Gasteiger partial charge in [-0.2, -0.15) is 0 Å². The van der Waals surface area contributed by atoms with Crippen LogP contribution in [0, 0.1) is 5.92 Å². The molecule has 0 fully saturated rings. The second kappa shape index (κ2) is 8.55. The lowest BCUT2D eigenvalue weighted by atomic mass is 10.1. The molecule has 0 aliphatic heterocycles. The van der Waals surface area contributed by atoms with Crippen LogP contribution in [0.5, 0.6) is 0 Å². The van der Waals surface area contributed by atoms with Gasteiger partial charge in [-0.3, -0.25) is 4.79 Å². The average Bonchev–Trinajstić information content (AvgIpc) is 3.02. The number of nitrogens with one attached hydrogen (secondary N) is 1. The van der Waals surface area contributed by atoms with E-state index in [1.54, 1.807) is 0 Å². The van der Waals surface area contributed by atoms with Gasteiger partial charge in [0.05, 0.1) is 18.4 Å². The molecule has 2 aromatic heterocycles. The highest BCUT2D eigenvalue weighted by atomic mass is 32.2. The lowest BCUT2D eigenvalue weighted by Gasteiger charge is -2.19. The highest BCUT2D eigenvalue weighted by molar-refractivity contribution is 7.99. The Bertz CT molecular complexity index is 1020. The molecule has 8 nitrogen and oxygen atoms in total. The predicted octanol–water partition coefficient (Wildman–Crippen LogP) is 2.41. The fraction of sp³-hybridized carbons (Fsp3) is 0.421. The third-order valence-corrected chi connectivity index (χ3v) is 5.28.